The van der Waals surface area contributed by atoms with Crippen LogP contribution in [0.25, 0.3) is 0 Å². The van der Waals surface area contributed by atoms with Crippen LogP contribution in [0.3, 0.4) is 0 Å². The highest BCUT2D eigenvalue weighted by molar-refractivity contribution is 6.31. The van der Waals surface area contributed by atoms with E-state index >= 15 is 0 Å². The number of rotatable bonds is 3. The zero-order valence-corrected chi connectivity index (χ0v) is 14.9. The molecule has 1 heterocycles. The first-order valence-corrected chi connectivity index (χ1v) is 9.47. The van der Waals surface area contributed by atoms with Gasteiger partial charge in [0.2, 0.25) is 5.91 Å². The molecule has 1 aliphatic heterocycles. The molecule has 6 heteroatoms. The highest BCUT2D eigenvalue weighted by Crippen LogP contribution is 2.39. The Morgan fingerprint density at radius 3 is 2.76 bits per heavy atom. The molecule has 4 rings (SSSR count). The molecule has 0 atom stereocenters. The fourth-order valence-electron chi connectivity index (χ4n) is 3.77. The molecule has 2 amide bonds. The Hall–Kier alpha value is -1.75. The molecule has 0 aromatic heterocycles. The Balaban J connectivity index is 1.42. The van der Waals surface area contributed by atoms with E-state index in [1.54, 1.807) is 18.2 Å². The van der Waals surface area contributed by atoms with E-state index in [9.17, 15) is 9.59 Å². The van der Waals surface area contributed by atoms with Crippen molar-refractivity contribution in [3.8, 4) is 5.75 Å². The monoisotopic (exact) mass is 362 g/mol. The lowest BCUT2D eigenvalue weighted by atomic mass is 9.78. The molecule has 2 fully saturated rings. The topological polar surface area (TPSA) is 67.4 Å². The third-order valence-electron chi connectivity index (χ3n) is 5.61. The summed E-state index contributed by atoms with van der Waals surface area (Å²) in [5, 5.41) is 6.56. The van der Waals surface area contributed by atoms with E-state index in [0.717, 1.165) is 32.2 Å². The lowest BCUT2D eigenvalue weighted by molar-refractivity contribution is -0.127. The van der Waals surface area contributed by atoms with Crippen LogP contribution in [0.2, 0.25) is 5.02 Å². The normalized spacial score (nSPS) is 28.5. The SMILES string of the molecule is O=C1NCC2(CCC(C(=O)NCC3CC3)CC2)Oc2ccc(Cl)cc21. The smallest absolute Gasteiger partial charge is 0.255 e. The summed E-state index contributed by atoms with van der Waals surface area (Å²) in [6.45, 7) is 1.29. The zero-order valence-electron chi connectivity index (χ0n) is 14.1. The molecule has 0 bridgehead atoms. The maximum Gasteiger partial charge on any atom is 0.255 e. The lowest BCUT2D eigenvalue weighted by Crippen LogP contribution is -2.49. The summed E-state index contributed by atoms with van der Waals surface area (Å²) in [4.78, 5) is 24.6. The molecular formula is C19H23ClN2O3. The third-order valence-corrected chi connectivity index (χ3v) is 5.85. The number of benzene rings is 1. The first kappa shape index (κ1) is 16.7. The first-order chi connectivity index (χ1) is 12.0. The Morgan fingerprint density at radius 1 is 1.28 bits per heavy atom. The number of carbonyl (C=O) groups is 2. The summed E-state index contributed by atoms with van der Waals surface area (Å²) >= 11 is 6.00. The highest BCUT2D eigenvalue weighted by Gasteiger charge is 2.42. The van der Waals surface area contributed by atoms with E-state index in [-0.39, 0.29) is 17.7 Å². The third kappa shape index (κ3) is 3.61. The van der Waals surface area contributed by atoms with E-state index in [2.05, 4.69) is 10.6 Å². The number of hydrogen-bond donors (Lipinski definition) is 2. The van der Waals surface area contributed by atoms with Crippen LogP contribution in [0.4, 0.5) is 0 Å². The van der Waals surface area contributed by atoms with Crippen LogP contribution in [0, 0.1) is 11.8 Å². The molecule has 3 aliphatic rings. The van der Waals surface area contributed by atoms with Crippen molar-refractivity contribution >= 4 is 23.4 Å². The van der Waals surface area contributed by atoms with Gasteiger partial charge >= 0.3 is 0 Å². The van der Waals surface area contributed by atoms with E-state index in [0.29, 0.717) is 28.8 Å². The molecule has 2 aliphatic carbocycles. The van der Waals surface area contributed by atoms with Crippen molar-refractivity contribution in [3.05, 3.63) is 28.8 Å². The van der Waals surface area contributed by atoms with Gasteiger partial charge in [-0.25, -0.2) is 0 Å². The van der Waals surface area contributed by atoms with Crippen molar-refractivity contribution in [2.24, 2.45) is 11.8 Å². The van der Waals surface area contributed by atoms with Gasteiger partial charge in [0.25, 0.3) is 5.91 Å². The van der Waals surface area contributed by atoms with Gasteiger partial charge in [-0.15, -0.1) is 0 Å². The summed E-state index contributed by atoms with van der Waals surface area (Å²) in [5.41, 5.74) is 0.0517. The summed E-state index contributed by atoms with van der Waals surface area (Å²) in [7, 11) is 0. The molecule has 5 nitrogen and oxygen atoms in total. The number of amides is 2. The molecule has 1 spiro atoms. The van der Waals surface area contributed by atoms with Crippen LogP contribution in [0.5, 0.6) is 5.75 Å². The van der Waals surface area contributed by atoms with Crippen molar-refractivity contribution in [2.45, 2.75) is 44.1 Å². The number of carbonyl (C=O) groups excluding carboxylic acids is 2. The zero-order chi connectivity index (χ0) is 17.4. The maximum absolute atomic E-state index is 12.3. The molecule has 0 saturated heterocycles. The molecule has 0 unspecified atom stereocenters. The number of hydrogen-bond acceptors (Lipinski definition) is 3. The summed E-state index contributed by atoms with van der Waals surface area (Å²) < 4.78 is 6.27. The van der Waals surface area contributed by atoms with Crippen LogP contribution in [-0.2, 0) is 4.79 Å². The van der Waals surface area contributed by atoms with Gasteiger partial charge < -0.3 is 15.4 Å². The lowest BCUT2D eigenvalue weighted by Gasteiger charge is -2.39. The predicted molar refractivity (Wildman–Crippen MR) is 94.8 cm³/mol. The highest BCUT2D eigenvalue weighted by atomic mass is 35.5. The van der Waals surface area contributed by atoms with E-state index < -0.39 is 5.60 Å². The first-order valence-electron chi connectivity index (χ1n) is 9.09. The van der Waals surface area contributed by atoms with Gasteiger partial charge in [0.05, 0.1) is 12.1 Å². The Bertz CT molecular complexity index is 694. The number of ether oxygens (including phenoxy) is 1. The van der Waals surface area contributed by atoms with E-state index in [1.165, 1.54) is 12.8 Å². The number of nitrogens with one attached hydrogen (secondary N) is 2. The van der Waals surface area contributed by atoms with Gasteiger partial charge in [-0.05, 0) is 62.6 Å². The van der Waals surface area contributed by atoms with Crippen molar-refractivity contribution < 1.29 is 14.3 Å². The van der Waals surface area contributed by atoms with Crippen LogP contribution >= 0.6 is 11.6 Å². The molecule has 2 saturated carbocycles. The van der Waals surface area contributed by atoms with Gasteiger partial charge in [0, 0.05) is 17.5 Å². The van der Waals surface area contributed by atoms with Crippen LogP contribution < -0.4 is 15.4 Å². The fourth-order valence-corrected chi connectivity index (χ4v) is 3.94. The van der Waals surface area contributed by atoms with Gasteiger partial charge in [0.1, 0.15) is 11.4 Å². The quantitative estimate of drug-likeness (QED) is 0.868. The Labute approximate surface area is 152 Å². The molecule has 0 radical (unpaired) electrons. The van der Waals surface area contributed by atoms with Gasteiger partial charge in [-0.3, -0.25) is 9.59 Å². The van der Waals surface area contributed by atoms with Gasteiger partial charge in [0.15, 0.2) is 0 Å². The largest absolute Gasteiger partial charge is 0.485 e. The van der Waals surface area contributed by atoms with Crippen molar-refractivity contribution in [1.29, 1.82) is 0 Å². The standard InChI is InChI=1S/C19H23ClN2O3/c20-14-3-4-16-15(9-14)18(24)22-11-19(25-16)7-5-13(6-8-19)17(23)21-10-12-1-2-12/h3-4,9,12-13H,1-2,5-8,10-11H2,(H,21,23)(H,22,24). The summed E-state index contributed by atoms with van der Waals surface area (Å²) in [6, 6.07) is 5.14. The number of fused-ring (bicyclic) bond motifs is 1. The van der Waals surface area contributed by atoms with Gasteiger partial charge in [-0.2, -0.15) is 0 Å². The Kier molecular flexibility index (Phi) is 4.36. The van der Waals surface area contributed by atoms with Gasteiger partial charge in [-0.1, -0.05) is 11.6 Å². The second kappa shape index (κ2) is 6.52. The van der Waals surface area contributed by atoms with Crippen LogP contribution in [0.1, 0.15) is 48.9 Å². The maximum atomic E-state index is 12.3. The summed E-state index contributed by atoms with van der Waals surface area (Å²) in [6.07, 6.45) is 5.58. The average Bonchev–Trinajstić information content (AvgIpc) is 3.44. The van der Waals surface area contributed by atoms with Crippen molar-refractivity contribution in [1.82, 2.24) is 10.6 Å². The minimum Gasteiger partial charge on any atom is -0.485 e. The van der Waals surface area contributed by atoms with Crippen molar-refractivity contribution in [2.75, 3.05) is 13.1 Å². The second-order valence-electron chi connectivity index (χ2n) is 7.57. The Morgan fingerprint density at radius 2 is 2.04 bits per heavy atom. The van der Waals surface area contributed by atoms with E-state index in [4.69, 9.17) is 16.3 Å². The number of halogens is 1. The minimum absolute atomic E-state index is 0.0524. The minimum atomic E-state index is -0.429. The molecule has 25 heavy (non-hydrogen) atoms. The molecular weight excluding hydrogens is 340 g/mol. The molecule has 1 aromatic carbocycles. The van der Waals surface area contributed by atoms with E-state index in [1.807, 2.05) is 0 Å². The van der Waals surface area contributed by atoms with Crippen LogP contribution in [-0.4, -0.2) is 30.5 Å². The fraction of sp³-hybridized carbons (Fsp3) is 0.579. The van der Waals surface area contributed by atoms with Crippen LogP contribution in [0.15, 0.2) is 18.2 Å². The average molecular weight is 363 g/mol. The molecule has 134 valence electrons. The predicted octanol–water partition coefficient (Wildman–Crippen LogP) is 2.92. The summed E-state index contributed by atoms with van der Waals surface area (Å²) in [5.74, 6) is 1.35. The molecule has 1 aromatic rings. The van der Waals surface area contributed by atoms with Crippen molar-refractivity contribution in [3.63, 3.8) is 0 Å². The molecule has 2 N–H and O–H groups in total. The second-order valence-corrected chi connectivity index (χ2v) is 8.01.